The lowest BCUT2D eigenvalue weighted by molar-refractivity contribution is -0.116. The molecular weight excluding hydrogens is 425 g/mol. The third-order valence-corrected chi connectivity index (χ3v) is 5.78. The lowest BCUT2D eigenvalue weighted by atomic mass is 10.1. The normalized spacial score (nSPS) is 13.5. The topological polar surface area (TPSA) is 108 Å². The van der Waals surface area contributed by atoms with Gasteiger partial charge in [-0.1, -0.05) is 23.8 Å². The summed E-state index contributed by atoms with van der Waals surface area (Å²) in [5.41, 5.74) is 0.947. The molecule has 4 aromatic rings. The molecule has 0 aliphatic carbocycles. The van der Waals surface area contributed by atoms with E-state index in [0.29, 0.717) is 28.0 Å². The molecule has 0 spiro atoms. The zero-order valence-corrected chi connectivity index (χ0v) is 17.9. The van der Waals surface area contributed by atoms with Crippen LogP contribution in [0.25, 0.3) is 22.3 Å². The second-order valence-corrected chi connectivity index (χ2v) is 8.03. The number of hydrogen-bond acceptors (Lipinski definition) is 6. The number of fused-ring (bicyclic) bond motifs is 2. The third-order valence-electron chi connectivity index (χ3n) is 5.78. The minimum atomic E-state index is -0.426. The molecule has 0 bridgehead atoms. The van der Waals surface area contributed by atoms with Crippen molar-refractivity contribution in [3.63, 3.8) is 0 Å². The van der Waals surface area contributed by atoms with E-state index in [9.17, 15) is 14.0 Å². The van der Waals surface area contributed by atoms with Gasteiger partial charge in [0.2, 0.25) is 5.91 Å². The van der Waals surface area contributed by atoms with Crippen molar-refractivity contribution < 1.29 is 9.18 Å². The molecule has 0 atom stereocenters. The van der Waals surface area contributed by atoms with Crippen molar-refractivity contribution in [2.45, 2.75) is 45.2 Å². The van der Waals surface area contributed by atoms with E-state index in [2.05, 4.69) is 25.8 Å². The maximum absolute atomic E-state index is 14.6. The molecule has 1 aliphatic heterocycles. The van der Waals surface area contributed by atoms with Crippen LogP contribution in [-0.2, 0) is 24.3 Å². The quantitative estimate of drug-likeness (QED) is 0.504. The van der Waals surface area contributed by atoms with Crippen molar-refractivity contribution in [1.82, 2.24) is 29.8 Å². The van der Waals surface area contributed by atoms with Crippen molar-refractivity contribution in [1.29, 1.82) is 0 Å². The highest BCUT2D eigenvalue weighted by atomic mass is 19.1. The Hall–Kier alpha value is -3.95. The van der Waals surface area contributed by atoms with Crippen LogP contribution in [-0.4, -0.2) is 35.7 Å². The molecule has 1 amide bonds. The van der Waals surface area contributed by atoms with Gasteiger partial charge < -0.3 is 9.88 Å². The van der Waals surface area contributed by atoms with Gasteiger partial charge in [-0.2, -0.15) is 0 Å². The number of carbonyl (C=O) groups is 1. The molecule has 3 heterocycles. The highest BCUT2D eigenvalue weighted by Gasteiger charge is 2.19. The fraction of sp³-hybridized carbons (Fsp3) is 0.304. The summed E-state index contributed by atoms with van der Waals surface area (Å²) < 4.78 is 17.8. The van der Waals surface area contributed by atoms with E-state index >= 15 is 0 Å². The minimum absolute atomic E-state index is 0.0139. The number of anilines is 1. The minimum Gasteiger partial charge on any atom is -0.326 e. The molecule has 1 N–H and O–H groups in total. The van der Waals surface area contributed by atoms with E-state index in [1.54, 1.807) is 30.3 Å². The van der Waals surface area contributed by atoms with Gasteiger partial charge in [-0.15, -0.1) is 15.3 Å². The summed E-state index contributed by atoms with van der Waals surface area (Å²) in [5.74, 6) is 0.580. The fourth-order valence-electron chi connectivity index (χ4n) is 4.06. The van der Waals surface area contributed by atoms with E-state index in [4.69, 9.17) is 0 Å². The van der Waals surface area contributed by atoms with E-state index in [1.165, 1.54) is 16.8 Å². The molecule has 9 nitrogen and oxygen atoms in total. The lowest BCUT2D eigenvalue weighted by Crippen LogP contribution is -2.26. The second-order valence-electron chi connectivity index (χ2n) is 8.03. The third kappa shape index (κ3) is 4.23. The Balaban J connectivity index is 1.31. The fourth-order valence-corrected chi connectivity index (χ4v) is 4.06. The Kier molecular flexibility index (Phi) is 5.64. The summed E-state index contributed by atoms with van der Waals surface area (Å²) in [7, 11) is 0. The smallest absolute Gasteiger partial charge is 0.277 e. The van der Waals surface area contributed by atoms with Crippen molar-refractivity contribution in [3.05, 3.63) is 64.5 Å². The number of carbonyl (C=O) groups excluding carboxylic acids is 1. The number of benzene rings is 2. The predicted molar refractivity (Wildman–Crippen MR) is 120 cm³/mol. The summed E-state index contributed by atoms with van der Waals surface area (Å²) >= 11 is 0. The van der Waals surface area contributed by atoms with Crippen LogP contribution >= 0.6 is 0 Å². The van der Waals surface area contributed by atoms with Gasteiger partial charge in [-0.25, -0.2) is 9.07 Å². The molecule has 33 heavy (non-hydrogen) atoms. The van der Waals surface area contributed by atoms with Gasteiger partial charge in [0.15, 0.2) is 5.82 Å². The number of aryl methyl sites for hydroxylation is 2. The van der Waals surface area contributed by atoms with Gasteiger partial charge in [0.25, 0.3) is 5.56 Å². The van der Waals surface area contributed by atoms with Crippen LogP contribution in [0.15, 0.2) is 47.3 Å². The Bertz CT molecular complexity index is 1400. The summed E-state index contributed by atoms with van der Waals surface area (Å²) in [6.07, 6.45) is 3.97. The van der Waals surface area contributed by atoms with Crippen LogP contribution < -0.4 is 10.9 Å². The number of nitrogens with one attached hydrogen (secondary N) is 1. The highest BCUT2D eigenvalue weighted by molar-refractivity contribution is 5.91. The number of aromatic nitrogens is 6. The summed E-state index contributed by atoms with van der Waals surface area (Å²) in [6, 6.07) is 11.3. The predicted octanol–water partition coefficient (Wildman–Crippen LogP) is 2.94. The first-order valence-corrected chi connectivity index (χ1v) is 10.9. The van der Waals surface area contributed by atoms with Crippen LogP contribution in [0, 0.1) is 5.82 Å². The van der Waals surface area contributed by atoms with Gasteiger partial charge in [0.1, 0.15) is 17.2 Å². The molecule has 0 saturated carbocycles. The Morgan fingerprint density at radius 3 is 2.85 bits per heavy atom. The zero-order valence-electron chi connectivity index (χ0n) is 17.9. The molecule has 0 radical (unpaired) electrons. The number of rotatable bonds is 5. The van der Waals surface area contributed by atoms with E-state index in [0.717, 1.165) is 38.1 Å². The van der Waals surface area contributed by atoms with Gasteiger partial charge in [-0.3, -0.25) is 9.59 Å². The first-order chi connectivity index (χ1) is 16.1. The largest absolute Gasteiger partial charge is 0.326 e. The number of amides is 1. The van der Waals surface area contributed by atoms with E-state index in [1.807, 2.05) is 4.57 Å². The molecule has 10 heteroatoms. The second kappa shape index (κ2) is 8.89. The van der Waals surface area contributed by atoms with Crippen LogP contribution in [0.3, 0.4) is 0 Å². The van der Waals surface area contributed by atoms with Gasteiger partial charge in [-0.05, 0) is 43.2 Å². The number of nitrogens with zero attached hydrogens (tertiary/aromatic N) is 6. The first kappa shape index (κ1) is 20.9. The van der Waals surface area contributed by atoms with Crippen molar-refractivity contribution >= 4 is 22.5 Å². The van der Waals surface area contributed by atoms with Crippen LogP contribution in [0.1, 0.15) is 31.5 Å². The Morgan fingerprint density at radius 2 is 1.94 bits per heavy atom. The maximum Gasteiger partial charge on any atom is 0.277 e. The standard InChI is InChI=1S/C23H22FN7O2/c24-18-10-9-15(14-17(18)22-28-27-20-8-2-1-5-12-30(20)22)25-21(32)11-13-31-23(33)16-6-3-4-7-19(16)26-29-31/h3-4,6-7,9-10,14H,1-2,5,8,11-13H2,(H,25,32). The number of hydrogen-bond donors (Lipinski definition) is 1. The lowest BCUT2D eigenvalue weighted by Gasteiger charge is -2.11. The van der Waals surface area contributed by atoms with Crippen LogP contribution in [0.2, 0.25) is 0 Å². The average molecular weight is 447 g/mol. The van der Waals surface area contributed by atoms with Crippen LogP contribution in [0.4, 0.5) is 10.1 Å². The molecular formula is C23H22FN7O2. The van der Waals surface area contributed by atoms with Crippen molar-refractivity contribution in [2.24, 2.45) is 0 Å². The van der Waals surface area contributed by atoms with Crippen molar-refractivity contribution in [3.8, 4) is 11.4 Å². The van der Waals surface area contributed by atoms with Gasteiger partial charge in [0, 0.05) is 25.1 Å². The van der Waals surface area contributed by atoms with E-state index < -0.39 is 5.82 Å². The average Bonchev–Trinajstić information content (AvgIpc) is 3.07. The molecule has 0 unspecified atom stereocenters. The van der Waals surface area contributed by atoms with Crippen LogP contribution in [0.5, 0.6) is 0 Å². The van der Waals surface area contributed by atoms with Crippen molar-refractivity contribution in [2.75, 3.05) is 5.32 Å². The zero-order chi connectivity index (χ0) is 22.8. The summed E-state index contributed by atoms with van der Waals surface area (Å²) in [4.78, 5) is 25.0. The monoisotopic (exact) mass is 447 g/mol. The summed E-state index contributed by atoms with van der Waals surface area (Å²) in [6.45, 7) is 0.823. The summed E-state index contributed by atoms with van der Waals surface area (Å²) in [5, 5.41) is 19.6. The molecule has 2 aromatic carbocycles. The van der Waals surface area contributed by atoms with E-state index in [-0.39, 0.29) is 24.4 Å². The molecule has 0 saturated heterocycles. The molecule has 2 aromatic heterocycles. The van der Waals surface area contributed by atoms with Gasteiger partial charge in [0.05, 0.1) is 17.5 Å². The molecule has 0 fully saturated rings. The SMILES string of the molecule is O=C(CCn1nnc2ccccc2c1=O)Nc1ccc(F)c(-c2nnc3n2CCCCC3)c1. The van der Waals surface area contributed by atoms with Gasteiger partial charge >= 0.3 is 0 Å². The molecule has 168 valence electrons. The molecule has 1 aliphatic rings. The number of halogens is 1. The Morgan fingerprint density at radius 1 is 1.06 bits per heavy atom. The highest BCUT2D eigenvalue weighted by Crippen LogP contribution is 2.27. The first-order valence-electron chi connectivity index (χ1n) is 10.9. The Labute approximate surface area is 188 Å². The maximum atomic E-state index is 14.6. The molecule has 5 rings (SSSR count).